The number of aliphatic carboxylic acids is 1. The Labute approximate surface area is 96.8 Å². The van der Waals surface area contributed by atoms with Gasteiger partial charge in [-0.2, -0.15) is 13.2 Å². The van der Waals surface area contributed by atoms with Crippen LogP contribution in [0, 0.1) is 5.82 Å². The number of carbonyl (C=O) groups is 1. The van der Waals surface area contributed by atoms with E-state index in [1.54, 1.807) is 0 Å². The lowest BCUT2D eigenvalue weighted by molar-refractivity contribution is -0.145. The summed E-state index contributed by atoms with van der Waals surface area (Å²) in [6, 6.07) is 0.446. The first kappa shape index (κ1) is 14.3. The summed E-state index contributed by atoms with van der Waals surface area (Å²) in [5.74, 6) is -7.75. The van der Waals surface area contributed by atoms with Crippen LogP contribution in [0.3, 0.4) is 0 Å². The van der Waals surface area contributed by atoms with Gasteiger partial charge in [-0.3, -0.25) is 4.79 Å². The summed E-state index contributed by atoms with van der Waals surface area (Å²) in [6.45, 7) is 0. The van der Waals surface area contributed by atoms with Crippen molar-refractivity contribution >= 4 is 5.97 Å². The molecule has 0 aromatic heterocycles. The second-order valence-corrected chi connectivity index (χ2v) is 3.47. The molecule has 1 aromatic carbocycles. The fourth-order valence-electron chi connectivity index (χ4n) is 1.27. The highest BCUT2D eigenvalue weighted by Gasteiger charge is 2.40. The summed E-state index contributed by atoms with van der Waals surface area (Å²) in [5, 5.41) is 8.21. The first-order valence-corrected chi connectivity index (χ1v) is 4.51. The molecule has 0 amide bonds. The van der Waals surface area contributed by atoms with Crippen molar-refractivity contribution in [3.63, 3.8) is 0 Å². The number of rotatable bonds is 3. The summed E-state index contributed by atoms with van der Waals surface area (Å²) < 4.78 is 76.4. The fourth-order valence-corrected chi connectivity index (χ4v) is 1.27. The Morgan fingerprint density at radius 3 is 2.17 bits per heavy atom. The van der Waals surface area contributed by atoms with Crippen molar-refractivity contribution in [1.29, 1.82) is 0 Å². The molecule has 0 radical (unpaired) electrons. The quantitative estimate of drug-likeness (QED) is 0.856. The molecule has 0 aliphatic rings. The highest BCUT2D eigenvalue weighted by atomic mass is 19.4. The van der Waals surface area contributed by atoms with Crippen LogP contribution in [-0.2, 0) is 16.9 Å². The molecule has 1 rings (SSSR count). The lowest BCUT2D eigenvalue weighted by Crippen LogP contribution is -2.21. The maximum absolute atomic E-state index is 13.2. The zero-order chi connectivity index (χ0) is 14.1. The molecule has 18 heavy (non-hydrogen) atoms. The summed E-state index contributed by atoms with van der Waals surface area (Å²) in [4.78, 5) is 10.2. The van der Waals surface area contributed by atoms with E-state index in [0.717, 1.165) is 0 Å². The molecule has 0 atom stereocenters. The van der Waals surface area contributed by atoms with Crippen LogP contribution in [0.25, 0.3) is 0 Å². The van der Waals surface area contributed by atoms with Gasteiger partial charge in [-0.25, -0.2) is 13.2 Å². The van der Waals surface area contributed by atoms with E-state index in [2.05, 4.69) is 0 Å². The molecule has 0 spiro atoms. The minimum Gasteiger partial charge on any atom is -0.481 e. The van der Waals surface area contributed by atoms with Gasteiger partial charge in [-0.15, -0.1) is 0 Å². The Morgan fingerprint density at radius 1 is 1.17 bits per heavy atom. The molecule has 1 N–H and O–H groups in total. The molecular weight excluding hydrogens is 266 g/mol. The van der Waals surface area contributed by atoms with E-state index in [9.17, 15) is 31.1 Å². The molecule has 0 aliphatic heterocycles. The molecule has 8 heteroatoms. The van der Waals surface area contributed by atoms with Gasteiger partial charge in [0.25, 0.3) is 5.92 Å². The van der Waals surface area contributed by atoms with E-state index < -0.39 is 41.4 Å². The fraction of sp³-hybridized carbons (Fsp3) is 0.300. The average Bonchev–Trinajstić information content (AvgIpc) is 2.13. The molecule has 0 fully saturated rings. The molecule has 0 unspecified atom stereocenters. The lowest BCUT2D eigenvalue weighted by Gasteiger charge is -2.17. The van der Waals surface area contributed by atoms with Crippen molar-refractivity contribution in [1.82, 2.24) is 0 Å². The van der Waals surface area contributed by atoms with Gasteiger partial charge in [-0.1, -0.05) is 0 Å². The molecule has 0 aliphatic carbocycles. The van der Waals surface area contributed by atoms with Crippen molar-refractivity contribution in [2.24, 2.45) is 0 Å². The molecule has 0 heterocycles. The van der Waals surface area contributed by atoms with Crippen molar-refractivity contribution < 1.29 is 36.2 Å². The summed E-state index contributed by atoms with van der Waals surface area (Å²) in [6.07, 6.45) is -6.70. The third kappa shape index (κ3) is 3.14. The molecule has 100 valence electrons. The second kappa shape index (κ2) is 4.51. The Bertz CT molecular complexity index is 466. The molecule has 0 saturated carbocycles. The Hall–Kier alpha value is -1.73. The molecule has 0 saturated heterocycles. The van der Waals surface area contributed by atoms with Crippen LogP contribution in [0.1, 0.15) is 17.5 Å². The molecular formula is C10H6F6O2. The van der Waals surface area contributed by atoms with Gasteiger partial charge in [0.2, 0.25) is 0 Å². The van der Waals surface area contributed by atoms with Gasteiger partial charge < -0.3 is 5.11 Å². The minimum atomic E-state index is -4.91. The lowest BCUT2D eigenvalue weighted by atomic mass is 10.0. The standard InChI is InChI=1S/C10H6F6O2/c11-7-2-1-5(10(14,15)16)3-6(7)9(12,13)4-8(17)18/h1-3H,4H2,(H,17,18). The number of halogens is 6. The van der Waals surface area contributed by atoms with E-state index in [0.29, 0.717) is 6.07 Å². The van der Waals surface area contributed by atoms with Gasteiger partial charge in [0, 0.05) is 0 Å². The van der Waals surface area contributed by atoms with E-state index in [1.165, 1.54) is 0 Å². The highest BCUT2D eigenvalue weighted by molar-refractivity contribution is 5.68. The highest BCUT2D eigenvalue weighted by Crippen LogP contribution is 2.37. The zero-order valence-corrected chi connectivity index (χ0v) is 8.56. The third-order valence-electron chi connectivity index (χ3n) is 2.06. The number of hydrogen-bond donors (Lipinski definition) is 1. The minimum absolute atomic E-state index is 0.0850. The predicted molar refractivity (Wildman–Crippen MR) is 47.5 cm³/mol. The first-order valence-electron chi connectivity index (χ1n) is 4.51. The van der Waals surface area contributed by atoms with E-state index in [1.807, 2.05) is 0 Å². The van der Waals surface area contributed by atoms with Gasteiger partial charge in [-0.05, 0) is 18.2 Å². The van der Waals surface area contributed by atoms with Crippen LogP contribution in [0.4, 0.5) is 26.3 Å². The maximum Gasteiger partial charge on any atom is 0.416 e. The third-order valence-corrected chi connectivity index (χ3v) is 2.06. The first-order chi connectivity index (χ1) is 8.04. The van der Waals surface area contributed by atoms with Crippen molar-refractivity contribution in [2.75, 3.05) is 0 Å². The Kier molecular flexibility index (Phi) is 3.59. The van der Waals surface area contributed by atoms with Gasteiger partial charge >= 0.3 is 12.1 Å². The van der Waals surface area contributed by atoms with Gasteiger partial charge in [0.15, 0.2) is 0 Å². The van der Waals surface area contributed by atoms with Crippen LogP contribution >= 0.6 is 0 Å². The van der Waals surface area contributed by atoms with Crippen LogP contribution in [0.15, 0.2) is 18.2 Å². The maximum atomic E-state index is 13.2. The molecule has 0 bridgehead atoms. The predicted octanol–water partition coefficient (Wildman–Crippen LogP) is 3.41. The number of benzene rings is 1. The average molecular weight is 272 g/mol. The van der Waals surface area contributed by atoms with Crippen molar-refractivity contribution in [3.05, 3.63) is 35.1 Å². The number of alkyl halides is 5. The largest absolute Gasteiger partial charge is 0.481 e. The van der Waals surface area contributed by atoms with Crippen LogP contribution in [-0.4, -0.2) is 11.1 Å². The van der Waals surface area contributed by atoms with Crippen LogP contribution in [0.2, 0.25) is 0 Å². The number of carboxylic acid groups (broad SMARTS) is 1. The van der Waals surface area contributed by atoms with E-state index in [-0.39, 0.29) is 12.1 Å². The monoisotopic (exact) mass is 272 g/mol. The zero-order valence-electron chi connectivity index (χ0n) is 8.56. The van der Waals surface area contributed by atoms with Crippen molar-refractivity contribution in [2.45, 2.75) is 18.5 Å². The summed E-state index contributed by atoms with van der Waals surface area (Å²) in [7, 11) is 0. The van der Waals surface area contributed by atoms with E-state index >= 15 is 0 Å². The number of carboxylic acids is 1. The Balaban J connectivity index is 3.27. The molecule has 1 aromatic rings. The molecule has 2 nitrogen and oxygen atoms in total. The second-order valence-electron chi connectivity index (χ2n) is 3.47. The summed E-state index contributed by atoms with van der Waals surface area (Å²) >= 11 is 0. The number of hydrogen-bond acceptors (Lipinski definition) is 1. The van der Waals surface area contributed by atoms with Crippen LogP contribution in [0.5, 0.6) is 0 Å². The smallest absolute Gasteiger partial charge is 0.416 e. The normalized spacial score (nSPS) is 12.6. The Morgan fingerprint density at radius 2 is 1.72 bits per heavy atom. The van der Waals surface area contributed by atoms with Gasteiger partial charge in [0.05, 0.1) is 11.1 Å². The van der Waals surface area contributed by atoms with E-state index in [4.69, 9.17) is 5.11 Å². The van der Waals surface area contributed by atoms with Gasteiger partial charge in [0.1, 0.15) is 12.2 Å². The van der Waals surface area contributed by atoms with Crippen molar-refractivity contribution in [3.8, 4) is 0 Å². The SMILES string of the molecule is O=C(O)CC(F)(F)c1cc(C(F)(F)F)ccc1F. The summed E-state index contributed by atoms with van der Waals surface area (Å²) in [5.41, 5.74) is -3.05. The van der Waals surface area contributed by atoms with Crippen LogP contribution < -0.4 is 0 Å². The topological polar surface area (TPSA) is 37.3 Å².